The lowest BCUT2D eigenvalue weighted by atomic mass is 9.84. The van der Waals surface area contributed by atoms with Gasteiger partial charge in [0.2, 0.25) is 0 Å². The highest BCUT2D eigenvalue weighted by Gasteiger charge is 2.24. The van der Waals surface area contributed by atoms with Gasteiger partial charge in [0.15, 0.2) is 0 Å². The van der Waals surface area contributed by atoms with Crippen LogP contribution in [0.2, 0.25) is 0 Å². The number of nitrogens with one attached hydrogen (secondary N) is 1. The van der Waals surface area contributed by atoms with Crippen molar-refractivity contribution >= 4 is 5.69 Å². The predicted molar refractivity (Wildman–Crippen MR) is 72.4 cm³/mol. The van der Waals surface area contributed by atoms with Crippen LogP contribution in [-0.2, 0) is 0 Å². The molecule has 0 spiro atoms. The molecule has 1 aromatic rings. The first-order valence-electron chi connectivity index (χ1n) is 6.67. The van der Waals surface area contributed by atoms with E-state index in [1.165, 1.54) is 19.3 Å². The maximum Gasteiger partial charge on any atom is 0.138 e. The van der Waals surface area contributed by atoms with Gasteiger partial charge in [-0.25, -0.2) is 0 Å². The minimum Gasteiger partial charge on any atom is -0.506 e. The highest BCUT2D eigenvalue weighted by atomic mass is 16.3. The van der Waals surface area contributed by atoms with Gasteiger partial charge in [-0.2, -0.15) is 5.26 Å². The predicted octanol–water partition coefficient (Wildman–Crippen LogP) is 3.59. The van der Waals surface area contributed by atoms with Crippen LogP contribution in [0.4, 0.5) is 5.69 Å². The van der Waals surface area contributed by atoms with Crippen LogP contribution in [0.5, 0.6) is 5.75 Å². The van der Waals surface area contributed by atoms with E-state index in [0.717, 1.165) is 18.4 Å². The highest BCUT2D eigenvalue weighted by Crippen LogP contribution is 2.32. The topological polar surface area (TPSA) is 56.0 Å². The molecule has 0 radical (unpaired) electrons. The molecule has 1 aliphatic rings. The van der Waals surface area contributed by atoms with Gasteiger partial charge in [0.25, 0.3) is 0 Å². The Hall–Kier alpha value is -1.69. The fourth-order valence-electron chi connectivity index (χ4n) is 2.72. The molecule has 3 heteroatoms. The van der Waals surface area contributed by atoms with Crippen LogP contribution in [-0.4, -0.2) is 11.1 Å². The number of nitrogens with zero attached hydrogens (tertiary/aromatic N) is 1. The summed E-state index contributed by atoms with van der Waals surface area (Å²) in [4.78, 5) is 0. The fraction of sp³-hybridized carbons (Fsp3) is 0.533. The number of aromatic hydroxyl groups is 1. The number of anilines is 1. The van der Waals surface area contributed by atoms with Crippen LogP contribution in [0.25, 0.3) is 0 Å². The first-order chi connectivity index (χ1) is 8.72. The molecule has 1 fully saturated rings. The number of nitriles is 1. The zero-order valence-corrected chi connectivity index (χ0v) is 10.8. The molecule has 1 atom stereocenters. The Morgan fingerprint density at radius 2 is 2.06 bits per heavy atom. The van der Waals surface area contributed by atoms with E-state index in [9.17, 15) is 10.4 Å². The van der Waals surface area contributed by atoms with E-state index in [2.05, 4.69) is 11.4 Å². The summed E-state index contributed by atoms with van der Waals surface area (Å²) < 4.78 is 0. The van der Waals surface area contributed by atoms with Crippen molar-refractivity contribution in [2.75, 3.05) is 5.32 Å². The zero-order valence-electron chi connectivity index (χ0n) is 10.8. The summed E-state index contributed by atoms with van der Waals surface area (Å²) in [6.45, 7) is 1.94. The van der Waals surface area contributed by atoms with Gasteiger partial charge in [0.1, 0.15) is 11.8 Å². The molecule has 18 heavy (non-hydrogen) atoms. The second kappa shape index (κ2) is 5.77. The molecule has 0 amide bonds. The average Bonchev–Trinajstić information content (AvgIpc) is 2.40. The Morgan fingerprint density at radius 3 is 2.67 bits per heavy atom. The number of rotatable bonds is 3. The summed E-state index contributed by atoms with van der Waals surface area (Å²) in [6, 6.07) is 7.57. The molecule has 0 bridgehead atoms. The Bertz CT molecular complexity index is 424. The van der Waals surface area contributed by atoms with Crippen molar-refractivity contribution in [3.63, 3.8) is 0 Å². The van der Waals surface area contributed by atoms with E-state index in [1.807, 2.05) is 19.1 Å². The van der Waals surface area contributed by atoms with Crippen molar-refractivity contribution < 1.29 is 5.11 Å². The summed E-state index contributed by atoms with van der Waals surface area (Å²) in [5.74, 6) is 0.633. The minimum absolute atomic E-state index is 0.197. The summed E-state index contributed by atoms with van der Waals surface area (Å²) in [6.07, 6.45) is 5.93. The minimum atomic E-state index is -0.197. The number of aryl methyl sites for hydroxylation is 1. The Balaban J connectivity index is 2.13. The third-order valence-corrected chi connectivity index (χ3v) is 3.81. The molecule has 1 aliphatic carbocycles. The number of hydrogen-bond acceptors (Lipinski definition) is 3. The largest absolute Gasteiger partial charge is 0.506 e. The molecule has 0 unspecified atom stereocenters. The smallest absolute Gasteiger partial charge is 0.138 e. The van der Waals surface area contributed by atoms with Crippen LogP contribution < -0.4 is 5.32 Å². The van der Waals surface area contributed by atoms with E-state index in [4.69, 9.17) is 0 Å². The maximum absolute atomic E-state index is 9.86. The van der Waals surface area contributed by atoms with Gasteiger partial charge in [-0.3, -0.25) is 0 Å². The fourth-order valence-corrected chi connectivity index (χ4v) is 2.72. The van der Waals surface area contributed by atoms with E-state index in [-0.39, 0.29) is 11.8 Å². The third kappa shape index (κ3) is 2.76. The molecule has 0 saturated heterocycles. The highest BCUT2D eigenvalue weighted by molar-refractivity contribution is 5.62. The number of hydrogen-bond donors (Lipinski definition) is 2. The lowest BCUT2D eigenvalue weighted by Gasteiger charge is -2.27. The van der Waals surface area contributed by atoms with Gasteiger partial charge < -0.3 is 10.4 Å². The molecular weight excluding hydrogens is 224 g/mol. The molecule has 0 aliphatic heterocycles. The second-order valence-corrected chi connectivity index (χ2v) is 5.12. The van der Waals surface area contributed by atoms with Crippen LogP contribution in [0, 0.1) is 24.2 Å². The molecule has 1 saturated carbocycles. The summed E-state index contributed by atoms with van der Waals surface area (Å²) in [5, 5.41) is 22.4. The monoisotopic (exact) mass is 244 g/mol. The number of benzene rings is 1. The van der Waals surface area contributed by atoms with E-state index < -0.39 is 0 Å². The quantitative estimate of drug-likeness (QED) is 0.799. The van der Waals surface area contributed by atoms with Crippen molar-refractivity contribution in [2.24, 2.45) is 5.92 Å². The maximum atomic E-state index is 9.86. The molecule has 0 aromatic heterocycles. The SMILES string of the molecule is Cc1cccc(O)c1N[C@@H](C#N)C1CCCCC1. The van der Waals surface area contributed by atoms with E-state index in [1.54, 1.807) is 6.07 Å². The lowest BCUT2D eigenvalue weighted by molar-refractivity contribution is 0.345. The van der Waals surface area contributed by atoms with Crippen molar-refractivity contribution in [1.82, 2.24) is 0 Å². The third-order valence-electron chi connectivity index (χ3n) is 3.81. The number of phenolic OH excluding ortho intramolecular Hbond substituents is 1. The standard InChI is InChI=1S/C15H20N2O/c1-11-6-5-9-14(18)15(11)17-13(10-16)12-7-3-2-4-8-12/h5-6,9,12-13,17-18H,2-4,7-8H2,1H3/t13-/m0/s1. The lowest BCUT2D eigenvalue weighted by Crippen LogP contribution is -2.29. The van der Waals surface area contributed by atoms with Gasteiger partial charge in [-0.05, 0) is 37.3 Å². The van der Waals surface area contributed by atoms with E-state index in [0.29, 0.717) is 11.6 Å². The van der Waals surface area contributed by atoms with Crippen LogP contribution in [0.1, 0.15) is 37.7 Å². The molecule has 2 rings (SSSR count). The Labute approximate surface area is 108 Å². The second-order valence-electron chi connectivity index (χ2n) is 5.12. The van der Waals surface area contributed by atoms with Crippen molar-refractivity contribution in [3.8, 4) is 11.8 Å². The normalized spacial score (nSPS) is 18.0. The molecule has 0 heterocycles. The van der Waals surface area contributed by atoms with Gasteiger partial charge in [0.05, 0.1) is 11.8 Å². The first kappa shape index (κ1) is 12.8. The summed E-state index contributed by atoms with van der Waals surface area (Å²) >= 11 is 0. The Morgan fingerprint density at radius 1 is 1.33 bits per heavy atom. The van der Waals surface area contributed by atoms with Crippen molar-refractivity contribution in [2.45, 2.75) is 45.1 Å². The summed E-state index contributed by atoms with van der Waals surface area (Å²) in [7, 11) is 0. The number of para-hydroxylation sites is 1. The summed E-state index contributed by atoms with van der Waals surface area (Å²) in [5.41, 5.74) is 1.68. The van der Waals surface area contributed by atoms with Gasteiger partial charge >= 0.3 is 0 Å². The van der Waals surface area contributed by atoms with Crippen LogP contribution in [0.15, 0.2) is 18.2 Å². The molecule has 3 nitrogen and oxygen atoms in total. The van der Waals surface area contributed by atoms with Crippen LogP contribution in [0.3, 0.4) is 0 Å². The zero-order chi connectivity index (χ0) is 13.0. The van der Waals surface area contributed by atoms with Crippen molar-refractivity contribution in [3.05, 3.63) is 23.8 Å². The van der Waals surface area contributed by atoms with Crippen LogP contribution >= 0.6 is 0 Å². The number of phenols is 1. The van der Waals surface area contributed by atoms with Crippen molar-refractivity contribution in [1.29, 1.82) is 5.26 Å². The first-order valence-corrected chi connectivity index (χ1v) is 6.67. The van der Waals surface area contributed by atoms with Gasteiger partial charge in [0, 0.05) is 0 Å². The average molecular weight is 244 g/mol. The molecular formula is C15H20N2O. The molecule has 96 valence electrons. The van der Waals surface area contributed by atoms with E-state index >= 15 is 0 Å². The molecule has 1 aromatic carbocycles. The Kier molecular flexibility index (Phi) is 4.09. The molecule has 2 N–H and O–H groups in total. The van der Waals surface area contributed by atoms with Gasteiger partial charge in [-0.15, -0.1) is 0 Å². The van der Waals surface area contributed by atoms with Gasteiger partial charge in [-0.1, -0.05) is 31.4 Å².